The van der Waals surface area contributed by atoms with Crippen LogP contribution in [0.4, 0.5) is 50.4 Å². The molecule has 0 fully saturated rings. The van der Waals surface area contributed by atoms with Crippen LogP contribution in [0.15, 0.2) is 40.1 Å². The summed E-state index contributed by atoms with van der Waals surface area (Å²) in [7, 11) is -4.98. The number of hydrogen-bond donors (Lipinski definition) is 5. The van der Waals surface area contributed by atoms with E-state index in [0.29, 0.717) is 28.3 Å². The average molecular weight is 713 g/mol. The minimum atomic E-state index is -4.98. The zero-order chi connectivity index (χ0) is 34.8. The lowest BCUT2D eigenvalue weighted by Crippen LogP contribution is -2.09. The number of halogens is 2. The zero-order valence-corrected chi connectivity index (χ0v) is 26.7. The van der Waals surface area contributed by atoms with E-state index in [-0.39, 0.29) is 28.6 Å². The van der Waals surface area contributed by atoms with Gasteiger partial charge in [-0.1, -0.05) is 5.04 Å². The topological polar surface area (TPSA) is 254 Å². The van der Waals surface area contributed by atoms with Crippen molar-refractivity contribution in [1.29, 1.82) is 0 Å². The van der Waals surface area contributed by atoms with E-state index in [0.717, 1.165) is 40.9 Å². The SMILES string of the molecule is Cc1c(C)c(Nc2nc(Cl)nc(Nc3ccc(Nc4cc(F)c([N+](=O)[O-])cc4[N+](=O)[O-])cc3S(=O)(=O)O)n2)c(C)c(SOOO)c1C. The summed E-state index contributed by atoms with van der Waals surface area (Å²) in [4.78, 5) is 32.5. The van der Waals surface area contributed by atoms with Crippen molar-refractivity contribution < 1.29 is 41.8 Å². The first-order chi connectivity index (χ1) is 22.0. The molecule has 0 saturated heterocycles. The highest BCUT2D eigenvalue weighted by Crippen LogP contribution is 2.39. The summed E-state index contributed by atoms with van der Waals surface area (Å²) < 4.78 is 53.5. The van der Waals surface area contributed by atoms with Gasteiger partial charge in [-0.2, -0.15) is 27.8 Å². The second-order valence-corrected chi connectivity index (χ2v) is 12.0. The van der Waals surface area contributed by atoms with Crippen LogP contribution in [0, 0.1) is 53.7 Å². The molecule has 1 aromatic heterocycles. The van der Waals surface area contributed by atoms with Gasteiger partial charge in [0.15, 0.2) is 0 Å². The average Bonchev–Trinajstić information content (AvgIpc) is 2.98. The monoisotopic (exact) mass is 712 g/mol. The Morgan fingerprint density at radius 2 is 1.51 bits per heavy atom. The van der Waals surface area contributed by atoms with Crippen molar-refractivity contribution in [3.63, 3.8) is 0 Å². The number of anilines is 6. The number of nitro benzene ring substituents is 2. The lowest BCUT2D eigenvalue weighted by Gasteiger charge is -2.20. The van der Waals surface area contributed by atoms with Gasteiger partial charge in [-0.05, 0) is 79.7 Å². The molecule has 0 radical (unpaired) electrons. The first-order valence-electron chi connectivity index (χ1n) is 12.7. The largest absolute Gasteiger partial charge is 0.350 e. The molecule has 0 amide bonds. The minimum absolute atomic E-state index is 0.0728. The quantitative estimate of drug-likeness (QED) is 0.0340. The Labute approximate surface area is 273 Å². The van der Waals surface area contributed by atoms with E-state index in [1.165, 1.54) is 6.07 Å². The molecule has 1 heterocycles. The second kappa shape index (κ2) is 13.9. The van der Waals surface area contributed by atoms with Crippen molar-refractivity contribution >= 4 is 79.8 Å². The van der Waals surface area contributed by atoms with Crippen LogP contribution in [0.3, 0.4) is 0 Å². The maximum atomic E-state index is 14.3. The molecule has 0 aliphatic rings. The third kappa shape index (κ3) is 7.79. The van der Waals surface area contributed by atoms with Crippen molar-refractivity contribution in [2.45, 2.75) is 37.5 Å². The zero-order valence-electron chi connectivity index (χ0n) is 24.4. The van der Waals surface area contributed by atoms with Gasteiger partial charge >= 0.3 is 5.69 Å². The fraction of sp³-hybridized carbons (Fsp3) is 0.160. The van der Waals surface area contributed by atoms with E-state index in [4.69, 9.17) is 16.9 Å². The number of aromatic nitrogens is 3. The molecule has 0 spiro atoms. The summed E-state index contributed by atoms with van der Waals surface area (Å²) in [6.45, 7) is 7.31. The molecule has 18 nitrogen and oxygen atoms in total. The Kier molecular flexibility index (Phi) is 10.4. The molecule has 4 rings (SSSR count). The maximum absolute atomic E-state index is 14.3. The second-order valence-electron chi connectivity index (χ2n) is 9.58. The van der Waals surface area contributed by atoms with Gasteiger partial charge < -0.3 is 16.0 Å². The van der Waals surface area contributed by atoms with Crippen LogP contribution in [0.25, 0.3) is 0 Å². The van der Waals surface area contributed by atoms with E-state index in [2.05, 4.69) is 40.3 Å². The van der Waals surface area contributed by atoms with Gasteiger partial charge in [0.1, 0.15) is 10.6 Å². The van der Waals surface area contributed by atoms with E-state index in [1.54, 1.807) is 6.92 Å². The summed E-state index contributed by atoms with van der Waals surface area (Å²) in [5.74, 6) is -1.73. The Bertz CT molecular complexity index is 2040. The lowest BCUT2D eigenvalue weighted by molar-refractivity contribution is -0.432. The van der Waals surface area contributed by atoms with Crippen LogP contribution in [0.2, 0.25) is 5.28 Å². The molecule has 0 unspecified atom stereocenters. The van der Waals surface area contributed by atoms with Gasteiger partial charge in [-0.3, -0.25) is 24.8 Å². The fourth-order valence-corrected chi connectivity index (χ4v) is 5.82. The Morgan fingerprint density at radius 1 is 0.872 bits per heavy atom. The van der Waals surface area contributed by atoms with Crippen LogP contribution < -0.4 is 16.0 Å². The highest BCUT2D eigenvalue weighted by molar-refractivity contribution is 7.94. The molecule has 0 atom stereocenters. The van der Waals surface area contributed by atoms with Crippen molar-refractivity contribution in [3.8, 4) is 0 Å². The van der Waals surface area contributed by atoms with Crippen LogP contribution in [0.5, 0.6) is 0 Å². The highest BCUT2D eigenvalue weighted by atomic mass is 35.5. The number of nitro groups is 2. The molecule has 248 valence electrons. The van der Waals surface area contributed by atoms with Gasteiger partial charge in [0.25, 0.3) is 15.8 Å². The van der Waals surface area contributed by atoms with Crippen molar-refractivity contribution in [3.05, 3.63) is 83.9 Å². The molecular formula is C25H22ClFN8O10S2. The number of hydrogen-bond acceptors (Lipinski definition) is 16. The summed E-state index contributed by atoms with van der Waals surface area (Å²) in [6.07, 6.45) is 0. The van der Waals surface area contributed by atoms with E-state index < -0.39 is 47.7 Å². The van der Waals surface area contributed by atoms with Gasteiger partial charge in [-0.15, -0.1) is 4.33 Å². The van der Waals surface area contributed by atoms with Crippen LogP contribution in [-0.4, -0.2) is 43.0 Å². The number of nitrogens with one attached hydrogen (secondary N) is 3. The summed E-state index contributed by atoms with van der Waals surface area (Å²) >= 11 is 6.90. The molecular weight excluding hydrogens is 691 g/mol. The summed E-state index contributed by atoms with van der Waals surface area (Å²) in [5.41, 5.74) is 0.760. The summed E-state index contributed by atoms with van der Waals surface area (Å²) in [6, 6.07) is 4.12. The molecule has 5 N–H and O–H groups in total. The lowest BCUT2D eigenvalue weighted by atomic mass is 9.98. The van der Waals surface area contributed by atoms with Crippen LogP contribution in [-0.2, 0) is 19.5 Å². The van der Waals surface area contributed by atoms with E-state index in [1.807, 2.05) is 20.8 Å². The van der Waals surface area contributed by atoms with E-state index >= 15 is 0 Å². The molecule has 22 heteroatoms. The predicted octanol–water partition coefficient (Wildman–Crippen LogP) is 6.62. The molecule has 47 heavy (non-hydrogen) atoms. The molecule has 0 bridgehead atoms. The van der Waals surface area contributed by atoms with Crippen LogP contribution >= 0.6 is 23.6 Å². The van der Waals surface area contributed by atoms with Crippen molar-refractivity contribution in [2.75, 3.05) is 16.0 Å². The number of rotatable bonds is 12. The minimum Gasteiger partial charge on any atom is -0.350 e. The Hall–Kier alpha value is -4.77. The first kappa shape index (κ1) is 35.1. The third-order valence-electron chi connectivity index (χ3n) is 6.79. The van der Waals surface area contributed by atoms with E-state index in [9.17, 15) is 37.6 Å². The number of benzene rings is 3. The standard InChI is InChI=1S/C25H22ClFN8O10S2/c1-10-11(2)21(13(4)22(12(10)3)46-45-44-40)30-25-32-23(26)31-24(33-25)29-16-6-5-14(7-20(16)47(41,42)43)28-17-8-15(27)18(34(36)37)9-19(17)35(38)39/h5-9,28,40H,1-4H3,(H,41,42,43)(H2,29,30,31,32,33). The first-order valence-corrected chi connectivity index (χ1v) is 15.3. The smallest absolute Gasteiger partial charge is 0.311 e. The highest BCUT2D eigenvalue weighted by Gasteiger charge is 2.26. The Morgan fingerprint density at radius 3 is 2.11 bits per heavy atom. The molecule has 0 saturated carbocycles. The molecule has 0 aliphatic heterocycles. The van der Waals surface area contributed by atoms with Gasteiger partial charge in [0, 0.05) is 22.3 Å². The van der Waals surface area contributed by atoms with Crippen molar-refractivity contribution in [2.24, 2.45) is 0 Å². The molecule has 3 aromatic carbocycles. The maximum Gasteiger partial charge on any atom is 0.311 e. The predicted molar refractivity (Wildman–Crippen MR) is 167 cm³/mol. The van der Waals surface area contributed by atoms with Crippen LogP contribution in [0.1, 0.15) is 22.3 Å². The fourth-order valence-electron chi connectivity index (χ4n) is 4.39. The Balaban J connectivity index is 1.70. The third-order valence-corrected chi connectivity index (χ3v) is 8.76. The molecule has 4 aromatic rings. The normalized spacial score (nSPS) is 11.3. The summed E-state index contributed by atoms with van der Waals surface area (Å²) in [5, 5.41) is 42.6. The molecule has 0 aliphatic carbocycles. The van der Waals surface area contributed by atoms with Crippen molar-refractivity contribution in [1.82, 2.24) is 15.0 Å². The van der Waals surface area contributed by atoms with Gasteiger partial charge in [-0.25, -0.2) is 5.26 Å². The number of nitrogens with zero attached hydrogens (tertiary/aromatic N) is 5. The van der Waals surface area contributed by atoms with Gasteiger partial charge in [0.2, 0.25) is 23.0 Å². The van der Waals surface area contributed by atoms with Gasteiger partial charge in [0.05, 0.1) is 33.6 Å².